The highest BCUT2D eigenvalue weighted by atomic mass is 32.2. The molecule has 3 N–H and O–H groups in total. The van der Waals surface area contributed by atoms with Gasteiger partial charge in [-0.3, -0.25) is 40.3 Å². The molecule has 9 heteroatoms. The van der Waals surface area contributed by atoms with Crippen molar-refractivity contribution >= 4 is 34.7 Å². The third-order valence-corrected chi connectivity index (χ3v) is 2.96. The van der Waals surface area contributed by atoms with Gasteiger partial charge in [0.25, 0.3) is 23.0 Å². The van der Waals surface area contributed by atoms with Crippen molar-refractivity contribution < 1.29 is 19.2 Å². The molecule has 1 aromatic rings. The SMILES string of the molecule is O=C(/C=C1/SC(=O)NC1=O)NNC(=O)c1ccncc1. The lowest BCUT2D eigenvalue weighted by molar-refractivity contribution is -0.118. The Morgan fingerprint density at radius 1 is 1.20 bits per heavy atom. The van der Waals surface area contributed by atoms with Gasteiger partial charge in [-0.25, -0.2) is 0 Å². The predicted molar refractivity (Wildman–Crippen MR) is 69.1 cm³/mol. The molecule has 20 heavy (non-hydrogen) atoms. The first kappa shape index (κ1) is 13.7. The van der Waals surface area contributed by atoms with Crippen LogP contribution in [0.1, 0.15) is 10.4 Å². The molecule has 0 spiro atoms. The molecule has 2 rings (SSSR count). The molecule has 0 aromatic carbocycles. The first-order valence-electron chi connectivity index (χ1n) is 5.31. The molecule has 0 saturated carbocycles. The van der Waals surface area contributed by atoms with Crippen molar-refractivity contribution in [2.75, 3.05) is 0 Å². The summed E-state index contributed by atoms with van der Waals surface area (Å²) in [5.74, 6) is -1.89. The summed E-state index contributed by atoms with van der Waals surface area (Å²) in [5.41, 5.74) is 4.58. The van der Waals surface area contributed by atoms with E-state index in [1.165, 1.54) is 24.5 Å². The fraction of sp³-hybridized carbons (Fsp3) is 0. The number of imide groups is 1. The van der Waals surface area contributed by atoms with E-state index in [2.05, 4.69) is 15.8 Å². The second-order valence-electron chi connectivity index (χ2n) is 3.53. The first-order valence-corrected chi connectivity index (χ1v) is 6.13. The number of hydrogen-bond acceptors (Lipinski definition) is 6. The van der Waals surface area contributed by atoms with Crippen LogP contribution in [0.4, 0.5) is 4.79 Å². The van der Waals surface area contributed by atoms with Crippen molar-refractivity contribution in [3.8, 4) is 0 Å². The van der Waals surface area contributed by atoms with E-state index in [9.17, 15) is 19.2 Å². The van der Waals surface area contributed by atoms with Gasteiger partial charge in [0.15, 0.2) is 0 Å². The van der Waals surface area contributed by atoms with Crippen LogP contribution < -0.4 is 16.2 Å². The van der Waals surface area contributed by atoms with E-state index in [0.29, 0.717) is 17.3 Å². The molecular formula is C11H8N4O4S. The Labute approximate surface area is 117 Å². The number of amides is 4. The molecule has 1 saturated heterocycles. The number of carbonyl (C=O) groups excluding carboxylic acids is 4. The second kappa shape index (κ2) is 5.97. The summed E-state index contributed by atoms with van der Waals surface area (Å²) in [6, 6.07) is 2.94. The molecule has 8 nitrogen and oxygen atoms in total. The summed E-state index contributed by atoms with van der Waals surface area (Å²) in [7, 11) is 0. The van der Waals surface area contributed by atoms with Gasteiger partial charge in [0.2, 0.25) is 0 Å². The van der Waals surface area contributed by atoms with Crippen molar-refractivity contribution in [1.29, 1.82) is 0 Å². The second-order valence-corrected chi connectivity index (χ2v) is 4.55. The number of hydrazine groups is 1. The number of nitrogens with one attached hydrogen (secondary N) is 3. The van der Waals surface area contributed by atoms with Crippen LogP contribution in [-0.4, -0.2) is 27.9 Å². The zero-order valence-electron chi connectivity index (χ0n) is 9.88. The minimum atomic E-state index is -0.722. The summed E-state index contributed by atoms with van der Waals surface area (Å²) in [5, 5.41) is 1.46. The number of carbonyl (C=O) groups is 4. The minimum absolute atomic E-state index is 0.0364. The van der Waals surface area contributed by atoms with Crippen LogP contribution in [0, 0.1) is 0 Å². The maximum Gasteiger partial charge on any atom is 0.290 e. The maximum atomic E-state index is 11.6. The quantitative estimate of drug-likeness (QED) is 0.509. The largest absolute Gasteiger partial charge is 0.290 e. The van der Waals surface area contributed by atoms with Gasteiger partial charge in [0.05, 0.1) is 4.91 Å². The molecule has 1 fully saturated rings. The number of hydrogen-bond donors (Lipinski definition) is 3. The zero-order chi connectivity index (χ0) is 14.5. The van der Waals surface area contributed by atoms with E-state index >= 15 is 0 Å². The van der Waals surface area contributed by atoms with Gasteiger partial charge in [0, 0.05) is 24.0 Å². The number of nitrogens with zero attached hydrogens (tertiary/aromatic N) is 1. The molecule has 0 aliphatic carbocycles. The van der Waals surface area contributed by atoms with E-state index in [4.69, 9.17) is 0 Å². The van der Waals surface area contributed by atoms with Crippen LogP contribution in [0.5, 0.6) is 0 Å². The lowest BCUT2D eigenvalue weighted by Gasteiger charge is -2.04. The fourth-order valence-corrected chi connectivity index (χ4v) is 1.92. The van der Waals surface area contributed by atoms with Crippen LogP contribution in [0.2, 0.25) is 0 Å². The van der Waals surface area contributed by atoms with Gasteiger partial charge >= 0.3 is 0 Å². The van der Waals surface area contributed by atoms with Crippen molar-refractivity contribution in [2.24, 2.45) is 0 Å². The summed E-state index contributed by atoms with van der Waals surface area (Å²) in [4.78, 5) is 48.8. The molecular weight excluding hydrogens is 284 g/mol. The Morgan fingerprint density at radius 2 is 1.90 bits per heavy atom. The Bertz CT molecular complexity index is 614. The molecule has 0 atom stereocenters. The number of pyridine rings is 1. The Hall–Kier alpha value is -2.68. The van der Waals surface area contributed by atoms with Crippen LogP contribution >= 0.6 is 11.8 Å². The van der Waals surface area contributed by atoms with Crippen molar-refractivity contribution in [2.45, 2.75) is 0 Å². The molecule has 0 unspecified atom stereocenters. The highest BCUT2D eigenvalue weighted by Crippen LogP contribution is 2.22. The lowest BCUT2D eigenvalue weighted by atomic mass is 10.3. The third kappa shape index (κ3) is 3.42. The molecule has 1 aromatic heterocycles. The van der Waals surface area contributed by atoms with E-state index < -0.39 is 23.0 Å². The predicted octanol–water partition coefficient (Wildman–Crippen LogP) is -0.291. The molecule has 1 aliphatic heterocycles. The number of thioether (sulfide) groups is 1. The van der Waals surface area contributed by atoms with Crippen LogP contribution in [0.15, 0.2) is 35.5 Å². The van der Waals surface area contributed by atoms with E-state index in [0.717, 1.165) is 6.08 Å². The van der Waals surface area contributed by atoms with E-state index in [-0.39, 0.29) is 4.91 Å². The third-order valence-electron chi connectivity index (χ3n) is 2.15. The normalized spacial score (nSPS) is 15.9. The van der Waals surface area contributed by atoms with E-state index in [1.807, 2.05) is 5.32 Å². The minimum Gasteiger partial charge on any atom is -0.282 e. The maximum absolute atomic E-state index is 11.6. The summed E-state index contributed by atoms with van der Waals surface area (Å²) >= 11 is 0.612. The van der Waals surface area contributed by atoms with E-state index in [1.54, 1.807) is 0 Å². The summed E-state index contributed by atoms with van der Waals surface area (Å²) in [6.07, 6.45) is 3.80. The molecule has 102 valence electrons. The average molecular weight is 292 g/mol. The smallest absolute Gasteiger partial charge is 0.282 e. The molecule has 1 aliphatic rings. The Kier molecular flexibility index (Phi) is 4.11. The highest BCUT2D eigenvalue weighted by Gasteiger charge is 2.25. The van der Waals surface area contributed by atoms with Gasteiger partial charge in [-0.1, -0.05) is 0 Å². The monoisotopic (exact) mass is 292 g/mol. The Morgan fingerprint density at radius 3 is 2.50 bits per heavy atom. The summed E-state index contributed by atoms with van der Waals surface area (Å²) < 4.78 is 0. The van der Waals surface area contributed by atoms with Crippen molar-refractivity contribution in [1.82, 2.24) is 21.2 Å². The molecule has 0 radical (unpaired) electrons. The summed E-state index contributed by atoms with van der Waals surface area (Å²) in [6.45, 7) is 0. The van der Waals surface area contributed by atoms with Gasteiger partial charge < -0.3 is 0 Å². The zero-order valence-corrected chi connectivity index (χ0v) is 10.7. The molecule has 2 heterocycles. The van der Waals surface area contributed by atoms with Crippen molar-refractivity contribution in [3.63, 3.8) is 0 Å². The number of aromatic nitrogens is 1. The van der Waals surface area contributed by atoms with Crippen LogP contribution in [0.3, 0.4) is 0 Å². The van der Waals surface area contributed by atoms with Crippen LogP contribution in [0.25, 0.3) is 0 Å². The van der Waals surface area contributed by atoms with Gasteiger partial charge in [0.1, 0.15) is 0 Å². The number of rotatable bonds is 2. The Balaban J connectivity index is 1.90. The van der Waals surface area contributed by atoms with Crippen LogP contribution in [-0.2, 0) is 9.59 Å². The van der Waals surface area contributed by atoms with Gasteiger partial charge in [-0.05, 0) is 23.9 Å². The standard InChI is InChI=1S/C11H8N4O4S/c16-8(5-7-10(18)13-11(19)20-7)14-15-9(17)6-1-3-12-4-2-6/h1-5H,(H,14,16)(H,15,17)(H,13,18,19)/b7-5+. The topological polar surface area (TPSA) is 117 Å². The average Bonchev–Trinajstić information content (AvgIpc) is 2.75. The van der Waals surface area contributed by atoms with Crippen molar-refractivity contribution in [3.05, 3.63) is 41.1 Å². The highest BCUT2D eigenvalue weighted by molar-refractivity contribution is 8.18. The van der Waals surface area contributed by atoms with Gasteiger partial charge in [-0.2, -0.15) is 0 Å². The molecule has 4 amide bonds. The first-order chi connectivity index (χ1) is 9.56. The van der Waals surface area contributed by atoms with Gasteiger partial charge in [-0.15, -0.1) is 0 Å². The fourth-order valence-electron chi connectivity index (χ4n) is 1.27. The lowest BCUT2D eigenvalue weighted by Crippen LogP contribution is -2.41. The molecule has 0 bridgehead atoms.